The first-order chi connectivity index (χ1) is 10.2. The van der Waals surface area contributed by atoms with Gasteiger partial charge in [0, 0.05) is 26.1 Å². The maximum Gasteiger partial charge on any atom is 0.422 e. The molecule has 1 atom stereocenters. The molecule has 9 heteroatoms. The third kappa shape index (κ3) is 4.34. The summed E-state index contributed by atoms with van der Waals surface area (Å²) in [6, 6.07) is 2.62. The van der Waals surface area contributed by atoms with E-state index in [4.69, 9.17) is 0 Å². The Morgan fingerprint density at radius 3 is 2.73 bits per heavy atom. The highest BCUT2D eigenvalue weighted by molar-refractivity contribution is 5.97. The molecule has 6 nitrogen and oxygen atoms in total. The normalized spacial score (nSPS) is 18.5. The SMILES string of the molecule is CN1CC(C(=O)Nc2ccc(OCC(F)(F)F)nc2)CC1=O. The molecule has 22 heavy (non-hydrogen) atoms. The number of likely N-dealkylation sites (tertiary alicyclic amines) is 1. The van der Waals surface area contributed by atoms with Gasteiger partial charge in [-0.25, -0.2) is 4.98 Å². The van der Waals surface area contributed by atoms with Crippen molar-refractivity contribution in [2.24, 2.45) is 5.92 Å². The van der Waals surface area contributed by atoms with Gasteiger partial charge in [0.05, 0.1) is 17.8 Å². The Hall–Kier alpha value is -2.32. The molecule has 1 saturated heterocycles. The summed E-state index contributed by atoms with van der Waals surface area (Å²) in [5, 5.41) is 2.57. The third-order valence-electron chi connectivity index (χ3n) is 3.10. The summed E-state index contributed by atoms with van der Waals surface area (Å²) < 4.78 is 40.4. The van der Waals surface area contributed by atoms with E-state index in [1.54, 1.807) is 7.05 Å². The van der Waals surface area contributed by atoms with Crippen molar-refractivity contribution in [3.8, 4) is 5.88 Å². The van der Waals surface area contributed by atoms with E-state index in [1.807, 2.05) is 0 Å². The molecule has 0 aromatic carbocycles. The second-order valence-electron chi connectivity index (χ2n) is 4.95. The van der Waals surface area contributed by atoms with Crippen molar-refractivity contribution in [3.05, 3.63) is 18.3 Å². The number of hydrogen-bond acceptors (Lipinski definition) is 4. The van der Waals surface area contributed by atoms with Crippen molar-refractivity contribution in [1.29, 1.82) is 0 Å². The number of nitrogens with zero attached hydrogens (tertiary/aromatic N) is 2. The third-order valence-corrected chi connectivity index (χ3v) is 3.10. The summed E-state index contributed by atoms with van der Waals surface area (Å²) in [6.45, 7) is -1.09. The summed E-state index contributed by atoms with van der Waals surface area (Å²) in [6.07, 6.45) is -3.10. The molecule has 1 aliphatic heterocycles. The Balaban J connectivity index is 1.88. The molecule has 0 bridgehead atoms. The maximum absolute atomic E-state index is 12.0. The lowest BCUT2D eigenvalue weighted by atomic mass is 10.1. The first-order valence-electron chi connectivity index (χ1n) is 6.45. The smallest absolute Gasteiger partial charge is 0.422 e. The van der Waals surface area contributed by atoms with Crippen molar-refractivity contribution >= 4 is 17.5 Å². The standard InChI is InChI=1S/C13H14F3N3O3/c1-19-6-8(4-11(19)20)12(21)18-9-2-3-10(17-5-9)22-7-13(14,15)16/h2-3,5,8H,4,6-7H2,1H3,(H,18,21). The number of carbonyl (C=O) groups is 2. The van der Waals surface area contributed by atoms with Gasteiger partial charge in [-0.05, 0) is 6.07 Å². The predicted octanol–water partition coefficient (Wildman–Crippen LogP) is 1.44. The highest BCUT2D eigenvalue weighted by atomic mass is 19.4. The van der Waals surface area contributed by atoms with Crippen LogP contribution in [0.1, 0.15) is 6.42 Å². The number of aromatic nitrogens is 1. The van der Waals surface area contributed by atoms with Crippen molar-refractivity contribution in [2.75, 3.05) is 25.5 Å². The largest absolute Gasteiger partial charge is 0.468 e. The Bertz CT molecular complexity index is 560. The second kappa shape index (κ2) is 6.20. The summed E-state index contributed by atoms with van der Waals surface area (Å²) in [7, 11) is 1.62. The molecular formula is C13H14F3N3O3. The Kier molecular flexibility index (Phi) is 4.53. The van der Waals surface area contributed by atoms with Crippen molar-refractivity contribution < 1.29 is 27.5 Å². The van der Waals surface area contributed by atoms with Crippen LogP contribution in [0.3, 0.4) is 0 Å². The molecule has 120 valence electrons. The number of alkyl halides is 3. The van der Waals surface area contributed by atoms with Crippen LogP contribution in [0.25, 0.3) is 0 Å². The van der Waals surface area contributed by atoms with E-state index in [0.29, 0.717) is 12.2 Å². The van der Waals surface area contributed by atoms with Gasteiger partial charge in [-0.1, -0.05) is 0 Å². The first kappa shape index (κ1) is 16.1. The van der Waals surface area contributed by atoms with Gasteiger partial charge >= 0.3 is 6.18 Å². The van der Waals surface area contributed by atoms with Crippen molar-refractivity contribution in [3.63, 3.8) is 0 Å². The van der Waals surface area contributed by atoms with E-state index in [9.17, 15) is 22.8 Å². The number of nitrogens with one attached hydrogen (secondary N) is 1. The number of hydrogen-bond donors (Lipinski definition) is 1. The van der Waals surface area contributed by atoms with Crippen molar-refractivity contribution in [2.45, 2.75) is 12.6 Å². The monoisotopic (exact) mass is 317 g/mol. The molecule has 0 saturated carbocycles. The molecule has 1 N–H and O–H groups in total. The van der Waals surface area contributed by atoms with Crippen LogP contribution in [-0.2, 0) is 9.59 Å². The lowest BCUT2D eigenvalue weighted by Gasteiger charge is -2.11. The van der Waals surface area contributed by atoms with Crippen LogP contribution in [0.5, 0.6) is 5.88 Å². The number of carbonyl (C=O) groups excluding carboxylic acids is 2. The topological polar surface area (TPSA) is 71.5 Å². The van der Waals surface area contributed by atoms with Crippen LogP contribution in [-0.4, -0.2) is 48.1 Å². The Morgan fingerprint density at radius 2 is 2.23 bits per heavy atom. The minimum absolute atomic E-state index is 0.103. The molecule has 1 fully saturated rings. The molecule has 2 amide bonds. The summed E-state index contributed by atoms with van der Waals surface area (Å²) in [5.74, 6) is -1.07. The van der Waals surface area contributed by atoms with Gasteiger partial charge in [0.1, 0.15) is 0 Å². The fourth-order valence-electron chi connectivity index (χ4n) is 1.98. The number of rotatable bonds is 4. The number of anilines is 1. The molecule has 1 aliphatic rings. The highest BCUT2D eigenvalue weighted by Gasteiger charge is 2.32. The van der Waals surface area contributed by atoms with Crippen LogP contribution >= 0.6 is 0 Å². The molecular weight excluding hydrogens is 303 g/mol. The van der Waals surface area contributed by atoms with Gasteiger partial charge < -0.3 is 15.0 Å². The molecule has 1 aromatic rings. The average molecular weight is 317 g/mol. The van der Waals surface area contributed by atoms with Gasteiger partial charge in [0.15, 0.2) is 6.61 Å². The van der Waals surface area contributed by atoms with E-state index in [-0.39, 0.29) is 24.1 Å². The zero-order valence-electron chi connectivity index (χ0n) is 11.7. The van der Waals surface area contributed by atoms with Crippen LogP contribution in [0.4, 0.5) is 18.9 Å². The lowest BCUT2D eigenvalue weighted by molar-refractivity contribution is -0.154. The lowest BCUT2D eigenvalue weighted by Crippen LogP contribution is -2.25. The number of pyridine rings is 1. The zero-order valence-corrected chi connectivity index (χ0v) is 11.7. The van der Waals surface area contributed by atoms with Crippen LogP contribution in [0, 0.1) is 5.92 Å². The quantitative estimate of drug-likeness (QED) is 0.912. The summed E-state index contributed by atoms with van der Waals surface area (Å²) in [5.41, 5.74) is 0.325. The predicted molar refractivity (Wildman–Crippen MR) is 70.2 cm³/mol. The van der Waals surface area contributed by atoms with Crippen LogP contribution < -0.4 is 10.1 Å². The van der Waals surface area contributed by atoms with Gasteiger partial charge in [0.25, 0.3) is 0 Å². The molecule has 1 unspecified atom stereocenters. The second-order valence-corrected chi connectivity index (χ2v) is 4.95. The van der Waals surface area contributed by atoms with E-state index in [1.165, 1.54) is 23.2 Å². The molecule has 0 spiro atoms. The summed E-state index contributed by atoms with van der Waals surface area (Å²) in [4.78, 5) is 28.5. The number of ether oxygens (including phenoxy) is 1. The van der Waals surface area contributed by atoms with E-state index in [0.717, 1.165) is 0 Å². The molecule has 2 rings (SSSR count). The average Bonchev–Trinajstić information content (AvgIpc) is 2.77. The molecule has 0 radical (unpaired) electrons. The van der Waals surface area contributed by atoms with Gasteiger partial charge in [0.2, 0.25) is 17.7 Å². The molecule has 2 heterocycles. The minimum atomic E-state index is -4.43. The van der Waals surface area contributed by atoms with Crippen LogP contribution in [0.15, 0.2) is 18.3 Å². The molecule has 1 aromatic heterocycles. The van der Waals surface area contributed by atoms with Gasteiger partial charge in [-0.3, -0.25) is 9.59 Å². The van der Waals surface area contributed by atoms with E-state index < -0.39 is 18.7 Å². The summed E-state index contributed by atoms with van der Waals surface area (Å²) >= 11 is 0. The highest BCUT2D eigenvalue weighted by Crippen LogP contribution is 2.20. The zero-order chi connectivity index (χ0) is 16.3. The minimum Gasteiger partial charge on any atom is -0.468 e. The number of halogens is 3. The van der Waals surface area contributed by atoms with Crippen molar-refractivity contribution in [1.82, 2.24) is 9.88 Å². The fourth-order valence-corrected chi connectivity index (χ4v) is 1.98. The Labute approximate surface area is 124 Å². The number of amides is 2. The van der Waals surface area contributed by atoms with Gasteiger partial charge in [-0.15, -0.1) is 0 Å². The van der Waals surface area contributed by atoms with E-state index in [2.05, 4.69) is 15.0 Å². The van der Waals surface area contributed by atoms with Crippen LogP contribution in [0.2, 0.25) is 0 Å². The molecule has 0 aliphatic carbocycles. The van der Waals surface area contributed by atoms with Gasteiger partial charge in [-0.2, -0.15) is 13.2 Å². The maximum atomic E-state index is 12.0. The Morgan fingerprint density at radius 1 is 1.50 bits per heavy atom. The first-order valence-corrected chi connectivity index (χ1v) is 6.45. The van der Waals surface area contributed by atoms with E-state index >= 15 is 0 Å². The fraction of sp³-hybridized carbons (Fsp3) is 0.462.